The highest BCUT2D eigenvalue weighted by Gasteiger charge is 2.48. The van der Waals surface area contributed by atoms with Crippen molar-refractivity contribution in [2.75, 3.05) is 11.4 Å². The van der Waals surface area contributed by atoms with E-state index < -0.39 is 30.1 Å². The third-order valence-corrected chi connectivity index (χ3v) is 5.14. The number of halogens is 1. The van der Waals surface area contributed by atoms with Gasteiger partial charge in [0.15, 0.2) is 0 Å². The van der Waals surface area contributed by atoms with E-state index >= 15 is 0 Å². The number of aliphatic carboxylic acids is 1. The van der Waals surface area contributed by atoms with Gasteiger partial charge < -0.3 is 9.84 Å². The number of fused-ring (bicyclic) bond motifs is 1. The number of ether oxygens (including phenoxy) is 1. The maximum absolute atomic E-state index is 14.9. The van der Waals surface area contributed by atoms with Crippen LogP contribution in [0.2, 0.25) is 0 Å². The van der Waals surface area contributed by atoms with Gasteiger partial charge in [-0.05, 0) is 23.8 Å². The number of carbonyl (C=O) groups excluding carboxylic acids is 2. The third kappa shape index (κ3) is 4.38. The fourth-order valence-electron chi connectivity index (χ4n) is 3.62. The minimum Gasteiger partial charge on any atom is -0.480 e. The van der Waals surface area contributed by atoms with E-state index in [1.54, 1.807) is 54.6 Å². The van der Waals surface area contributed by atoms with Gasteiger partial charge in [0, 0.05) is 11.1 Å². The minimum absolute atomic E-state index is 0.0220. The van der Waals surface area contributed by atoms with Gasteiger partial charge in [-0.3, -0.25) is 14.5 Å². The largest absolute Gasteiger partial charge is 0.480 e. The first kappa shape index (κ1) is 22.7. The maximum atomic E-state index is 14.9. The first-order chi connectivity index (χ1) is 16.4. The van der Waals surface area contributed by atoms with Gasteiger partial charge in [0.05, 0.1) is 18.0 Å². The lowest BCUT2D eigenvalue weighted by atomic mass is 9.99. The van der Waals surface area contributed by atoms with Crippen LogP contribution in [0.5, 0.6) is 0 Å². The average molecular weight is 459 g/mol. The van der Waals surface area contributed by atoms with Crippen molar-refractivity contribution in [1.29, 1.82) is 0 Å². The summed E-state index contributed by atoms with van der Waals surface area (Å²) in [6.07, 6.45) is 1.31. The van der Waals surface area contributed by atoms with E-state index in [0.717, 1.165) is 4.90 Å². The second-order valence-electron chi connectivity index (χ2n) is 7.33. The Kier molecular flexibility index (Phi) is 6.40. The van der Waals surface area contributed by atoms with Gasteiger partial charge in [-0.25, -0.2) is 14.2 Å². The van der Waals surface area contributed by atoms with Crippen LogP contribution in [0.3, 0.4) is 0 Å². The first-order valence-electron chi connectivity index (χ1n) is 10.2. The SMILES string of the molecule is O=C=NC1(OCc2ccccc2)N=C(c2ccccc2F)c2ccccc2N(CC(=O)O)C1=O. The summed E-state index contributed by atoms with van der Waals surface area (Å²) in [5.41, 5.74) is 1.07. The molecule has 0 aliphatic carbocycles. The molecule has 0 aromatic heterocycles. The van der Waals surface area contributed by atoms with E-state index in [9.17, 15) is 23.9 Å². The molecular formula is C25H18FN3O5. The summed E-state index contributed by atoms with van der Waals surface area (Å²) in [5.74, 6) is -5.50. The molecule has 0 radical (unpaired) electrons. The summed E-state index contributed by atoms with van der Waals surface area (Å²) in [7, 11) is 0. The molecule has 3 aromatic rings. The van der Waals surface area contributed by atoms with E-state index in [0.29, 0.717) is 5.56 Å². The molecule has 1 aliphatic rings. The molecule has 0 bridgehead atoms. The predicted octanol–water partition coefficient (Wildman–Crippen LogP) is 3.30. The highest BCUT2D eigenvalue weighted by atomic mass is 19.1. The summed E-state index contributed by atoms with van der Waals surface area (Å²) < 4.78 is 20.7. The van der Waals surface area contributed by atoms with Crippen LogP contribution in [0.4, 0.5) is 10.1 Å². The normalized spacial score (nSPS) is 17.3. The quantitative estimate of drug-likeness (QED) is 0.431. The Bertz CT molecular complexity index is 1320. The molecule has 4 rings (SSSR count). The van der Waals surface area contributed by atoms with Crippen molar-refractivity contribution in [2.45, 2.75) is 12.5 Å². The number of rotatable bonds is 7. The van der Waals surface area contributed by atoms with Crippen molar-refractivity contribution in [2.24, 2.45) is 9.98 Å². The molecule has 8 nitrogen and oxygen atoms in total. The van der Waals surface area contributed by atoms with Crippen LogP contribution in [0.15, 0.2) is 88.8 Å². The van der Waals surface area contributed by atoms with Crippen LogP contribution in [-0.4, -0.2) is 41.2 Å². The number of carboxylic acids is 1. The second kappa shape index (κ2) is 9.58. The van der Waals surface area contributed by atoms with Crippen molar-refractivity contribution in [3.8, 4) is 0 Å². The van der Waals surface area contributed by atoms with Crippen molar-refractivity contribution >= 4 is 29.4 Å². The number of aliphatic imine (C=N–C) groups is 2. The smallest absolute Gasteiger partial charge is 0.351 e. The molecule has 0 spiro atoms. The standard InChI is InChI=1S/C25H18FN3O5/c26-20-12-6-4-10-18(20)23-19-11-5-7-13-21(19)29(14-22(31)32)24(33)25(28-23,27-16-30)34-15-17-8-2-1-3-9-17/h1-13H,14-15H2,(H,31,32). The molecule has 0 fully saturated rings. The van der Waals surface area contributed by atoms with Crippen LogP contribution < -0.4 is 4.90 Å². The fourth-order valence-corrected chi connectivity index (χ4v) is 3.62. The zero-order valence-corrected chi connectivity index (χ0v) is 17.7. The Labute approximate surface area is 193 Å². The summed E-state index contributed by atoms with van der Waals surface area (Å²) in [5, 5.41) is 9.50. The predicted molar refractivity (Wildman–Crippen MR) is 121 cm³/mol. The molecule has 1 N–H and O–H groups in total. The van der Waals surface area contributed by atoms with E-state index in [2.05, 4.69) is 9.98 Å². The molecule has 3 aromatic carbocycles. The summed E-state index contributed by atoms with van der Waals surface area (Å²) >= 11 is 0. The van der Waals surface area contributed by atoms with E-state index in [-0.39, 0.29) is 29.1 Å². The Morgan fingerprint density at radius 1 is 1.03 bits per heavy atom. The van der Waals surface area contributed by atoms with E-state index in [1.165, 1.54) is 30.3 Å². The lowest BCUT2D eigenvalue weighted by Crippen LogP contribution is -2.50. The van der Waals surface area contributed by atoms with Crippen LogP contribution in [0.25, 0.3) is 0 Å². The van der Waals surface area contributed by atoms with Crippen molar-refractivity contribution in [3.63, 3.8) is 0 Å². The molecule has 34 heavy (non-hydrogen) atoms. The topological polar surface area (TPSA) is 109 Å². The van der Waals surface area contributed by atoms with Crippen molar-refractivity contribution in [3.05, 3.63) is 101 Å². The summed E-state index contributed by atoms with van der Waals surface area (Å²) in [6.45, 7) is -0.955. The second-order valence-corrected chi connectivity index (χ2v) is 7.33. The van der Waals surface area contributed by atoms with E-state index in [1.807, 2.05) is 0 Å². The first-order valence-corrected chi connectivity index (χ1v) is 10.2. The Balaban J connectivity index is 1.97. The molecule has 1 amide bonds. The van der Waals surface area contributed by atoms with Crippen LogP contribution in [-0.2, 0) is 25.7 Å². The number of isocyanates is 1. The highest BCUT2D eigenvalue weighted by Crippen LogP contribution is 2.34. The van der Waals surface area contributed by atoms with Gasteiger partial charge in [0.25, 0.3) is 0 Å². The number of benzene rings is 3. The molecule has 0 saturated carbocycles. The van der Waals surface area contributed by atoms with Gasteiger partial charge in [-0.1, -0.05) is 60.7 Å². The number of para-hydroxylation sites is 1. The number of nitrogens with zero attached hydrogens (tertiary/aromatic N) is 3. The monoisotopic (exact) mass is 459 g/mol. The molecule has 0 saturated heterocycles. The fraction of sp³-hybridized carbons (Fsp3) is 0.120. The number of benzodiazepines with no additional fused rings is 1. The van der Waals surface area contributed by atoms with Crippen molar-refractivity contribution in [1.82, 2.24) is 0 Å². The highest BCUT2D eigenvalue weighted by molar-refractivity contribution is 6.21. The number of amides is 1. The van der Waals surface area contributed by atoms with Crippen molar-refractivity contribution < 1.29 is 28.6 Å². The number of anilines is 1. The Morgan fingerprint density at radius 3 is 2.35 bits per heavy atom. The number of carbonyl (C=O) groups is 2. The van der Waals surface area contributed by atoms with Gasteiger partial charge in [-0.2, -0.15) is 0 Å². The zero-order valence-electron chi connectivity index (χ0n) is 17.7. The molecular weight excluding hydrogens is 441 g/mol. The molecule has 170 valence electrons. The minimum atomic E-state index is -2.52. The summed E-state index contributed by atoms with van der Waals surface area (Å²) in [4.78, 5) is 45.7. The molecule has 1 heterocycles. The number of carboxylic acid groups (broad SMARTS) is 1. The Hall–Kier alpha value is -4.46. The molecule has 9 heteroatoms. The molecule has 1 unspecified atom stereocenters. The average Bonchev–Trinajstić information content (AvgIpc) is 2.93. The molecule has 1 atom stereocenters. The lowest BCUT2D eigenvalue weighted by Gasteiger charge is -2.28. The van der Waals surface area contributed by atoms with E-state index in [4.69, 9.17) is 4.74 Å². The van der Waals surface area contributed by atoms with Gasteiger partial charge >= 0.3 is 17.7 Å². The maximum Gasteiger partial charge on any atom is 0.351 e. The number of hydrogen-bond donors (Lipinski definition) is 1. The lowest BCUT2D eigenvalue weighted by molar-refractivity contribution is -0.146. The Morgan fingerprint density at radius 2 is 1.68 bits per heavy atom. The van der Waals surface area contributed by atoms with Crippen LogP contribution in [0.1, 0.15) is 16.7 Å². The summed E-state index contributed by atoms with van der Waals surface area (Å²) in [6, 6.07) is 20.8. The van der Waals surface area contributed by atoms with Gasteiger partial charge in [0.1, 0.15) is 12.4 Å². The van der Waals surface area contributed by atoms with Gasteiger partial charge in [-0.15, -0.1) is 4.99 Å². The molecule has 1 aliphatic heterocycles. The third-order valence-electron chi connectivity index (χ3n) is 5.14. The number of hydrogen-bond acceptors (Lipinski definition) is 6. The zero-order chi connectivity index (χ0) is 24.1. The van der Waals surface area contributed by atoms with Crippen LogP contribution in [0, 0.1) is 5.82 Å². The van der Waals surface area contributed by atoms with Gasteiger partial charge in [0.2, 0.25) is 6.08 Å². The van der Waals surface area contributed by atoms with Crippen LogP contribution >= 0.6 is 0 Å².